The molecule has 0 fully saturated rings. The van der Waals surface area contributed by atoms with Crippen molar-refractivity contribution >= 4 is 28.7 Å². The number of fused-ring (bicyclic) bond motifs is 2. The van der Waals surface area contributed by atoms with E-state index >= 15 is 0 Å². The van der Waals surface area contributed by atoms with Gasteiger partial charge in [-0.3, -0.25) is 4.79 Å². The summed E-state index contributed by atoms with van der Waals surface area (Å²) in [5.41, 5.74) is 1.84. The molecular weight excluding hydrogens is 348 g/mol. The number of hydrogen-bond donors (Lipinski definition) is 0. The Morgan fingerprint density at radius 2 is 1.82 bits per heavy atom. The molecule has 140 valence electrons. The minimum Gasteiger partial charge on any atom is -0.496 e. The minimum absolute atomic E-state index is 0.0989. The summed E-state index contributed by atoms with van der Waals surface area (Å²) in [6.45, 7) is 3.93. The SMILES string of the molecule is COc1ccc(C(=O)C=Cc2ccc3ccccc3c2)c2c1C=CC(C)(C)O2. The first kappa shape index (κ1) is 18.1. The van der Waals surface area contributed by atoms with Crippen LogP contribution in [0.4, 0.5) is 0 Å². The number of methoxy groups -OCH3 is 1. The van der Waals surface area contributed by atoms with Crippen molar-refractivity contribution in [2.75, 3.05) is 7.11 Å². The lowest BCUT2D eigenvalue weighted by Gasteiger charge is -2.29. The van der Waals surface area contributed by atoms with Crippen LogP contribution in [0.15, 0.2) is 66.7 Å². The van der Waals surface area contributed by atoms with E-state index in [1.165, 1.54) is 5.39 Å². The van der Waals surface area contributed by atoms with Gasteiger partial charge in [0, 0.05) is 0 Å². The van der Waals surface area contributed by atoms with Crippen molar-refractivity contribution in [2.24, 2.45) is 0 Å². The van der Waals surface area contributed by atoms with Crippen LogP contribution in [0, 0.1) is 0 Å². The molecule has 0 aliphatic carbocycles. The smallest absolute Gasteiger partial charge is 0.189 e. The Morgan fingerprint density at radius 1 is 1.04 bits per heavy atom. The first-order valence-electron chi connectivity index (χ1n) is 9.27. The summed E-state index contributed by atoms with van der Waals surface area (Å²) in [4.78, 5) is 12.9. The van der Waals surface area contributed by atoms with E-state index in [0.717, 1.165) is 16.5 Å². The molecule has 0 radical (unpaired) electrons. The number of hydrogen-bond acceptors (Lipinski definition) is 3. The van der Waals surface area contributed by atoms with Crippen molar-refractivity contribution in [1.82, 2.24) is 0 Å². The number of rotatable bonds is 4. The number of ketones is 1. The fourth-order valence-electron chi connectivity index (χ4n) is 3.38. The fraction of sp³-hybridized carbons (Fsp3) is 0.160. The van der Waals surface area contributed by atoms with Gasteiger partial charge in [-0.1, -0.05) is 42.5 Å². The lowest BCUT2D eigenvalue weighted by molar-refractivity contribution is 0.103. The first-order valence-corrected chi connectivity index (χ1v) is 9.27. The van der Waals surface area contributed by atoms with Gasteiger partial charge in [0.2, 0.25) is 0 Å². The van der Waals surface area contributed by atoms with Gasteiger partial charge in [0.25, 0.3) is 0 Å². The number of benzene rings is 3. The van der Waals surface area contributed by atoms with E-state index in [1.807, 2.05) is 56.3 Å². The van der Waals surface area contributed by atoms with Crippen molar-refractivity contribution in [3.05, 3.63) is 83.4 Å². The molecule has 4 rings (SSSR count). The van der Waals surface area contributed by atoms with Gasteiger partial charge in [0.15, 0.2) is 5.78 Å². The van der Waals surface area contributed by atoms with Crippen LogP contribution in [0.3, 0.4) is 0 Å². The lowest BCUT2D eigenvalue weighted by atomic mass is 9.97. The largest absolute Gasteiger partial charge is 0.496 e. The predicted octanol–water partition coefficient (Wildman–Crippen LogP) is 5.93. The normalized spacial score (nSPS) is 14.7. The van der Waals surface area contributed by atoms with Crippen LogP contribution in [0.2, 0.25) is 0 Å². The first-order chi connectivity index (χ1) is 13.5. The van der Waals surface area contributed by atoms with E-state index < -0.39 is 5.60 Å². The topological polar surface area (TPSA) is 35.5 Å². The van der Waals surface area contributed by atoms with Crippen LogP contribution in [0.25, 0.3) is 22.9 Å². The molecule has 3 aromatic rings. The van der Waals surface area contributed by atoms with Crippen LogP contribution in [0.5, 0.6) is 11.5 Å². The monoisotopic (exact) mass is 370 g/mol. The summed E-state index contributed by atoms with van der Waals surface area (Å²) in [6.07, 6.45) is 7.37. The van der Waals surface area contributed by atoms with Gasteiger partial charge in [0.1, 0.15) is 17.1 Å². The third-order valence-electron chi connectivity index (χ3n) is 4.86. The van der Waals surface area contributed by atoms with Gasteiger partial charge in [-0.2, -0.15) is 0 Å². The van der Waals surface area contributed by atoms with Crippen LogP contribution >= 0.6 is 0 Å². The number of allylic oxidation sites excluding steroid dienone is 1. The third-order valence-corrected chi connectivity index (χ3v) is 4.86. The van der Waals surface area contributed by atoms with E-state index in [-0.39, 0.29) is 5.78 Å². The maximum atomic E-state index is 12.9. The molecule has 28 heavy (non-hydrogen) atoms. The number of carbonyl (C=O) groups excluding carboxylic acids is 1. The summed E-state index contributed by atoms with van der Waals surface area (Å²) < 4.78 is 11.5. The zero-order valence-corrected chi connectivity index (χ0v) is 16.2. The lowest BCUT2D eigenvalue weighted by Crippen LogP contribution is -2.28. The van der Waals surface area contributed by atoms with Crippen molar-refractivity contribution in [3.8, 4) is 11.5 Å². The highest BCUT2D eigenvalue weighted by atomic mass is 16.5. The zero-order valence-electron chi connectivity index (χ0n) is 16.2. The Kier molecular flexibility index (Phi) is 4.52. The second-order valence-corrected chi connectivity index (χ2v) is 7.40. The molecule has 3 aromatic carbocycles. The minimum atomic E-state index is -0.476. The Hall–Kier alpha value is -3.33. The van der Waals surface area contributed by atoms with Gasteiger partial charge in [0.05, 0.1) is 18.2 Å². The van der Waals surface area contributed by atoms with Crippen LogP contribution < -0.4 is 9.47 Å². The van der Waals surface area contributed by atoms with E-state index in [0.29, 0.717) is 17.1 Å². The maximum absolute atomic E-state index is 12.9. The highest BCUT2D eigenvalue weighted by Gasteiger charge is 2.27. The quantitative estimate of drug-likeness (QED) is 0.422. The molecule has 1 aliphatic rings. The van der Waals surface area contributed by atoms with Crippen LogP contribution in [-0.2, 0) is 0 Å². The molecule has 0 aromatic heterocycles. The molecular formula is C25H22O3. The van der Waals surface area contributed by atoms with Gasteiger partial charge < -0.3 is 9.47 Å². The van der Waals surface area contributed by atoms with Crippen molar-refractivity contribution < 1.29 is 14.3 Å². The molecule has 0 atom stereocenters. The molecule has 0 unspecified atom stereocenters. The average molecular weight is 370 g/mol. The molecule has 3 nitrogen and oxygen atoms in total. The van der Waals surface area contributed by atoms with Gasteiger partial charge >= 0.3 is 0 Å². The van der Waals surface area contributed by atoms with Gasteiger partial charge in [-0.15, -0.1) is 0 Å². The summed E-state index contributed by atoms with van der Waals surface area (Å²) >= 11 is 0. The van der Waals surface area contributed by atoms with Gasteiger partial charge in [-0.05, 0) is 66.6 Å². The zero-order chi connectivity index (χ0) is 19.7. The highest BCUT2D eigenvalue weighted by Crippen LogP contribution is 2.39. The molecule has 3 heteroatoms. The Morgan fingerprint density at radius 3 is 2.61 bits per heavy atom. The van der Waals surface area contributed by atoms with Crippen molar-refractivity contribution in [2.45, 2.75) is 19.4 Å². The predicted molar refractivity (Wildman–Crippen MR) is 114 cm³/mol. The Labute approximate surface area is 164 Å². The number of carbonyl (C=O) groups is 1. The summed E-state index contributed by atoms with van der Waals surface area (Å²) in [5, 5.41) is 2.33. The molecule has 0 N–H and O–H groups in total. The van der Waals surface area contributed by atoms with Crippen molar-refractivity contribution in [3.63, 3.8) is 0 Å². The summed E-state index contributed by atoms with van der Waals surface area (Å²) in [5.74, 6) is 1.16. The molecule has 0 saturated heterocycles. The van der Waals surface area contributed by atoms with Crippen LogP contribution in [0.1, 0.15) is 35.3 Å². The van der Waals surface area contributed by atoms with E-state index in [4.69, 9.17) is 9.47 Å². The number of ether oxygens (including phenoxy) is 2. The fourth-order valence-corrected chi connectivity index (χ4v) is 3.38. The summed E-state index contributed by atoms with van der Waals surface area (Å²) in [7, 11) is 1.62. The molecule has 0 saturated carbocycles. The molecule has 0 amide bonds. The third kappa shape index (κ3) is 3.44. The van der Waals surface area contributed by atoms with Crippen molar-refractivity contribution in [1.29, 1.82) is 0 Å². The molecule has 0 bridgehead atoms. The Balaban J connectivity index is 1.68. The second kappa shape index (κ2) is 7.01. The molecule has 1 heterocycles. The average Bonchev–Trinajstić information content (AvgIpc) is 2.70. The van der Waals surface area contributed by atoms with E-state index in [9.17, 15) is 4.79 Å². The second-order valence-electron chi connectivity index (χ2n) is 7.40. The standard InChI is InChI=1S/C25H22O3/c1-25(2)15-14-21-23(27-3)13-11-20(24(21)28-25)22(26)12-9-17-8-10-18-6-4-5-7-19(18)16-17/h4-16H,1-3H3. The summed E-state index contributed by atoms with van der Waals surface area (Å²) in [6, 6.07) is 17.9. The highest BCUT2D eigenvalue weighted by molar-refractivity contribution is 6.09. The Bertz CT molecular complexity index is 1120. The molecule has 1 aliphatic heterocycles. The maximum Gasteiger partial charge on any atom is 0.189 e. The molecule has 0 spiro atoms. The van der Waals surface area contributed by atoms with E-state index in [2.05, 4.69) is 24.3 Å². The van der Waals surface area contributed by atoms with Gasteiger partial charge in [-0.25, -0.2) is 0 Å². The van der Waals surface area contributed by atoms with Crippen LogP contribution in [-0.4, -0.2) is 18.5 Å². The van der Waals surface area contributed by atoms with E-state index in [1.54, 1.807) is 19.3 Å².